The van der Waals surface area contributed by atoms with Crippen molar-refractivity contribution in [3.05, 3.63) is 47.3 Å². The number of hydrogen-bond acceptors (Lipinski definition) is 3. The summed E-state index contributed by atoms with van der Waals surface area (Å²) in [6.45, 7) is 0. The molecule has 0 aliphatic heterocycles. The minimum atomic E-state index is -1.07. The Bertz CT molecular complexity index is 764. The highest BCUT2D eigenvalue weighted by atomic mass is 35.5. The van der Waals surface area contributed by atoms with Crippen molar-refractivity contribution >= 4 is 17.4 Å². The number of hydrogen-bond donors (Lipinski definition) is 0. The van der Waals surface area contributed by atoms with Crippen LogP contribution in [0, 0.1) is 17.5 Å². The van der Waals surface area contributed by atoms with E-state index in [-0.39, 0.29) is 16.5 Å². The predicted octanol–water partition coefficient (Wildman–Crippen LogP) is 2.86. The maximum absolute atomic E-state index is 13.7. The van der Waals surface area contributed by atoms with Gasteiger partial charge in [0.1, 0.15) is 28.9 Å². The minimum absolute atomic E-state index is 0.0327. The maximum Gasteiger partial charge on any atom is 0.253 e. The van der Waals surface area contributed by atoms with Gasteiger partial charge in [0.25, 0.3) is 5.78 Å². The van der Waals surface area contributed by atoms with E-state index in [4.69, 9.17) is 11.6 Å². The molecule has 0 bridgehead atoms. The molecule has 2 heterocycles. The minimum Gasteiger partial charge on any atom is -0.207 e. The van der Waals surface area contributed by atoms with E-state index < -0.39 is 23.0 Å². The second-order valence-electron chi connectivity index (χ2n) is 3.69. The molecule has 0 amide bonds. The molecule has 0 fully saturated rings. The first-order chi connectivity index (χ1) is 9.06. The Morgan fingerprint density at radius 3 is 2.47 bits per heavy atom. The van der Waals surface area contributed by atoms with Crippen molar-refractivity contribution in [2.45, 2.75) is 0 Å². The SMILES string of the molecule is Fc1cc(F)c(-c2cn3ncnc3nc2Cl)c(F)c1. The molecule has 0 unspecified atom stereocenters. The van der Waals surface area contributed by atoms with Crippen molar-refractivity contribution in [3.8, 4) is 11.1 Å². The van der Waals surface area contributed by atoms with Crippen molar-refractivity contribution in [2.24, 2.45) is 0 Å². The van der Waals surface area contributed by atoms with Crippen LogP contribution in [0.4, 0.5) is 13.2 Å². The molecule has 3 rings (SSSR count). The zero-order valence-corrected chi connectivity index (χ0v) is 9.87. The second kappa shape index (κ2) is 4.20. The number of halogens is 4. The fraction of sp³-hybridized carbons (Fsp3) is 0. The van der Waals surface area contributed by atoms with E-state index in [1.807, 2.05) is 0 Å². The molecular formula is C11H4ClF3N4. The van der Waals surface area contributed by atoms with Crippen LogP contribution >= 0.6 is 11.6 Å². The number of nitrogens with zero attached hydrogens (tertiary/aromatic N) is 4. The van der Waals surface area contributed by atoms with E-state index in [9.17, 15) is 13.2 Å². The summed E-state index contributed by atoms with van der Waals surface area (Å²) in [5, 5.41) is 3.64. The van der Waals surface area contributed by atoms with Gasteiger partial charge in [0.15, 0.2) is 0 Å². The van der Waals surface area contributed by atoms with E-state index in [0.717, 1.165) is 0 Å². The lowest BCUT2D eigenvalue weighted by molar-refractivity contribution is 0.548. The number of aromatic nitrogens is 4. The summed E-state index contributed by atoms with van der Waals surface area (Å²) in [7, 11) is 0. The van der Waals surface area contributed by atoms with Crippen LogP contribution in [0.15, 0.2) is 24.7 Å². The Kier molecular flexibility index (Phi) is 2.63. The smallest absolute Gasteiger partial charge is 0.207 e. The molecule has 0 atom stereocenters. The highest BCUT2D eigenvalue weighted by Crippen LogP contribution is 2.31. The van der Waals surface area contributed by atoms with Crippen LogP contribution in [0.3, 0.4) is 0 Å². The van der Waals surface area contributed by atoms with Crippen LogP contribution in [0.2, 0.25) is 5.15 Å². The van der Waals surface area contributed by atoms with E-state index in [2.05, 4.69) is 15.1 Å². The van der Waals surface area contributed by atoms with Crippen molar-refractivity contribution in [1.29, 1.82) is 0 Å². The van der Waals surface area contributed by atoms with E-state index in [0.29, 0.717) is 12.1 Å². The first-order valence-corrected chi connectivity index (χ1v) is 5.45. The third-order valence-corrected chi connectivity index (χ3v) is 2.79. The highest BCUT2D eigenvalue weighted by Gasteiger charge is 2.18. The van der Waals surface area contributed by atoms with Gasteiger partial charge in [-0.25, -0.2) is 17.7 Å². The molecule has 0 aliphatic rings. The van der Waals surface area contributed by atoms with Crippen molar-refractivity contribution < 1.29 is 13.2 Å². The summed E-state index contributed by atoms with van der Waals surface area (Å²) in [6, 6.07) is 1.14. The predicted molar refractivity (Wildman–Crippen MR) is 61.1 cm³/mol. The van der Waals surface area contributed by atoms with Gasteiger partial charge >= 0.3 is 0 Å². The second-order valence-corrected chi connectivity index (χ2v) is 4.05. The molecule has 0 spiro atoms. The van der Waals surface area contributed by atoms with Crippen LogP contribution in [0.5, 0.6) is 0 Å². The number of benzene rings is 1. The number of fused-ring (bicyclic) bond motifs is 1. The van der Waals surface area contributed by atoms with E-state index in [1.54, 1.807) is 0 Å². The van der Waals surface area contributed by atoms with E-state index in [1.165, 1.54) is 17.0 Å². The quantitative estimate of drug-likeness (QED) is 0.645. The van der Waals surface area contributed by atoms with Crippen LogP contribution in [0.25, 0.3) is 16.9 Å². The van der Waals surface area contributed by atoms with E-state index >= 15 is 0 Å². The molecule has 0 N–H and O–H groups in total. The van der Waals surface area contributed by atoms with Crippen LogP contribution in [0.1, 0.15) is 0 Å². The largest absolute Gasteiger partial charge is 0.253 e. The average Bonchev–Trinajstić information content (AvgIpc) is 2.74. The molecule has 3 aromatic rings. The summed E-state index contributed by atoms with van der Waals surface area (Å²) < 4.78 is 41.5. The molecule has 8 heteroatoms. The first-order valence-electron chi connectivity index (χ1n) is 5.07. The molecule has 0 aliphatic carbocycles. The normalized spacial score (nSPS) is 11.2. The summed E-state index contributed by atoms with van der Waals surface area (Å²) in [5.41, 5.74) is -0.494. The van der Waals surface area contributed by atoms with Gasteiger partial charge in [-0.15, -0.1) is 0 Å². The fourth-order valence-corrected chi connectivity index (χ4v) is 1.92. The van der Waals surface area contributed by atoms with Gasteiger partial charge in [-0.3, -0.25) is 0 Å². The molecule has 19 heavy (non-hydrogen) atoms. The lowest BCUT2D eigenvalue weighted by atomic mass is 10.1. The van der Waals surface area contributed by atoms with Crippen LogP contribution in [-0.4, -0.2) is 19.6 Å². The fourth-order valence-electron chi connectivity index (χ4n) is 1.71. The Morgan fingerprint density at radius 2 is 1.79 bits per heavy atom. The summed E-state index contributed by atoms with van der Waals surface area (Å²) in [5.74, 6) is -2.96. The maximum atomic E-state index is 13.7. The third kappa shape index (κ3) is 1.91. The zero-order valence-electron chi connectivity index (χ0n) is 9.11. The van der Waals surface area contributed by atoms with Crippen LogP contribution in [-0.2, 0) is 0 Å². The summed E-state index contributed by atoms with van der Waals surface area (Å²) in [6.07, 6.45) is 2.50. The Labute approximate surface area is 109 Å². The topological polar surface area (TPSA) is 43.1 Å². The molecule has 0 saturated heterocycles. The van der Waals surface area contributed by atoms with Gasteiger partial charge in [-0.05, 0) is 0 Å². The standard InChI is InChI=1S/C11H4ClF3N4/c12-10-6(3-19-11(18-10)16-4-17-19)9-7(14)1-5(13)2-8(9)15/h1-4H. The molecule has 1 aromatic carbocycles. The molecule has 0 saturated carbocycles. The van der Waals surface area contributed by atoms with Gasteiger partial charge in [-0.1, -0.05) is 11.6 Å². The van der Waals surface area contributed by atoms with Gasteiger partial charge in [0, 0.05) is 23.9 Å². The molecule has 0 radical (unpaired) electrons. The van der Waals surface area contributed by atoms with Gasteiger partial charge < -0.3 is 0 Å². The lowest BCUT2D eigenvalue weighted by Crippen LogP contribution is -1.98. The Hall–Kier alpha value is -2.15. The summed E-state index contributed by atoms with van der Waals surface area (Å²) >= 11 is 5.86. The van der Waals surface area contributed by atoms with Crippen molar-refractivity contribution in [3.63, 3.8) is 0 Å². The first kappa shape index (κ1) is 11.9. The number of rotatable bonds is 1. The van der Waals surface area contributed by atoms with Gasteiger partial charge in [0.2, 0.25) is 0 Å². The Morgan fingerprint density at radius 1 is 1.11 bits per heavy atom. The lowest BCUT2D eigenvalue weighted by Gasteiger charge is -2.07. The average molecular weight is 285 g/mol. The zero-order chi connectivity index (χ0) is 13.6. The third-order valence-electron chi connectivity index (χ3n) is 2.50. The Balaban J connectivity index is 2.32. The molecule has 96 valence electrons. The van der Waals surface area contributed by atoms with Crippen molar-refractivity contribution in [2.75, 3.05) is 0 Å². The molecule has 4 nitrogen and oxygen atoms in total. The molecule has 2 aromatic heterocycles. The van der Waals surface area contributed by atoms with Crippen molar-refractivity contribution in [1.82, 2.24) is 19.6 Å². The van der Waals surface area contributed by atoms with Gasteiger partial charge in [-0.2, -0.15) is 15.1 Å². The summed E-state index contributed by atoms with van der Waals surface area (Å²) in [4.78, 5) is 7.63. The monoisotopic (exact) mass is 284 g/mol. The van der Waals surface area contributed by atoms with Gasteiger partial charge in [0.05, 0.1) is 5.56 Å². The van der Waals surface area contributed by atoms with Crippen LogP contribution < -0.4 is 0 Å². The highest BCUT2D eigenvalue weighted by molar-refractivity contribution is 6.32. The molecular weight excluding hydrogens is 281 g/mol.